The number of aliphatic hydroxyl groups is 1. The van der Waals surface area contributed by atoms with Gasteiger partial charge in [-0.15, -0.1) is 0 Å². The minimum absolute atomic E-state index is 0.0921. The zero-order chi connectivity index (χ0) is 12.1. The molecule has 0 saturated carbocycles. The number of carbonyl (C=O) groups excluding carboxylic acids is 1. The maximum atomic E-state index is 11.0. The van der Waals surface area contributed by atoms with Crippen molar-refractivity contribution >= 4 is 21.8 Å². The van der Waals surface area contributed by atoms with Gasteiger partial charge in [0.05, 0.1) is 6.61 Å². The fourth-order valence-corrected chi connectivity index (χ4v) is 1.62. The molecule has 0 heterocycles. The van der Waals surface area contributed by atoms with Gasteiger partial charge >= 0.3 is 0 Å². The number of aliphatic hydroxyl groups excluding tert-OH is 1. The first-order valence-corrected chi connectivity index (χ1v) is 5.73. The molecule has 1 atom stereocenters. The van der Waals surface area contributed by atoms with Crippen LogP contribution in [0.2, 0.25) is 0 Å². The third-order valence-corrected chi connectivity index (χ3v) is 2.93. The lowest BCUT2D eigenvalue weighted by Gasteiger charge is -2.14. The fourth-order valence-electron chi connectivity index (χ4n) is 1.25. The van der Waals surface area contributed by atoms with E-state index >= 15 is 0 Å². The molecule has 1 amide bonds. The van der Waals surface area contributed by atoms with Gasteiger partial charge in [0.25, 0.3) is 5.91 Å². The topological polar surface area (TPSA) is 72.6 Å². The lowest BCUT2D eigenvalue weighted by atomic mass is 10.2. The van der Waals surface area contributed by atoms with Crippen LogP contribution in [0.4, 0.5) is 0 Å². The first-order chi connectivity index (χ1) is 7.58. The summed E-state index contributed by atoms with van der Waals surface area (Å²) in [5, 5.41) is 9.07. The van der Waals surface area contributed by atoms with E-state index in [4.69, 9.17) is 15.6 Å². The highest BCUT2D eigenvalue weighted by Gasteiger charge is 2.14. The second kappa shape index (κ2) is 5.86. The second-order valence-corrected chi connectivity index (χ2v) is 4.18. The maximum absolute atomic E-state index is 11.0. The zero-order valence-corrected chi connectivity index (χ0v) is 10.5. The zero-order valence-electron chi connectivity index (χ0n) is 8.94. The van der Waals surface area contributed by atoms with Crippen LogP contribution in [0, 0.1) is 0 Å². The van der Waals surface area contributed by atoms with Gasteiger partial charge in [-0.3, -0.25) is 4.79 Å². The Balaban J connectivity index is 2.84. The van der Waals surface area contributed by atoms with Crippen LogP contribution in [0.25, 0.3) is 0 Å². The van der Waals surface area contributed by atoms with E-state index in [-0.39, 0.29) is 6.61 Å². The predicted octanol–water partition coefficient (Wildman–Crippen LogP) is 1.58. The number of nitrogens with two attached hydrogens (primary N) is 1. The van der Waals surface area contributed by atoms with Gasteiger partial charge in [0.15, 0.2) is 6.10 Å². The minimum Gasteiger partial charge on any atom is -0.481 e. The molecule has 16 heavy (non-hydrogen) atoms. The first-order valence-electron chi connectivity index (χ1n) is 4.93. The molecule has 1 rings (SSSR count). The number of hydrogen-bond acceptors (Lipinski definition) is 3. The number of benzene rings is 1. The number of amides is 1. The molecular formula is C11H14BrNO3. The molecule has 0 bridgehead atoms. The highest BCUT2D eigenvalue weighted by molar-refractivity contribution is 9.10. The summed E-state index contributed by atoms with van der Waals surface area (Å²) in [6.07, 6.45) is -0.118. The fraction of sp³-hybridized carbons (Fsp3) is 0.364. The Labute approximate surface area is 103 Å². The molecule has 0 fully saturated rings. The van der Waals surface area contributed by atoms with E-state index in [1.807, 2.05) is 6.92 Å². The summed E-state index contributed by atoms with van der Waals surface area (Å²) in [5.41, 5.74) is 5.88. The summed E-state index contributed by atoms with van der Waals surface area (Å²) in [6.45, 7) is 1.73. The van der Waals surface area contributed by atoms with Crippen LogP contribution in [0.5, 0.6) is 5.75 Å². The molecule has 4 nitrogen and oxygen atoms in total. The Morgan fingerprint density at radius 1 is 1.62 bits per heavy atom. The van der Waals surface area contributed by atoms with Crippen molar-refractivity contribution in [3.63, 3.8) is 0 Å². The molecule has 0 saturated heterocycles. The molecule has 3 N–H and O–H groups in total. The van der Waals surface area contributed by atoms with Gasteiger partial charge in [-0.2, -0.15) is 0 Å². The summed E-state index contributed by atoms with van der Waals surface area (Å²) < 4.78 is 6.22. The smallest absolute Gasteiger partial charge is 0.258 e. The molecule has 5 heteroatoms. The first kappa shape index (κ1) is 13.0. The van der Waals surface area contributed by atoms with Gasteiger partial charge in [0.1, 0.15) is 5.75 Å². The van der Waals surface area contributed by atoms with Crippen molar-refractivity contribution in [2.75, 3.05) is 0 Å². The monoisotopic (exact) mass is 287 g/mol. The quantitative estimate of drug-likeness (QED) is 0.864. The van der Waals surface area contributed by atoms with Crippen molar-refractivity contribution < 1.29 is 14.6 Å². The average molecular weight is 288 g/mol. The van der Waals surface area contributed by atoms with Crippen molar-refractivity contribution in [3.05, 3.63) is 28.2 Å². The van der Waals surface area contributed by atoms with Crippen LogP contribution in [0.1, 0.15) is 18.9 Å². The van der Waals surface area contributed by atoms with Gasteiger partial charge in [0, 0.05) is 4.47 Å². The SMILES string of the molecule is CCC(Oc1ccc(Br)c(CO)c1)C(N)=O. The minimum atomic E-state index is -0.632. The van der Waals surface area contributed by atoms with E-state index < -0.39 is 12.0 Å². The van der Waals surface area contributed by atoms with Crippen LogP contribution in [-0.2, 0) is 11.4 Å². The second-order valence-electron chi connectivity index (χ2n) is 3.33. The molecular weight excluding hydrogens is 274 g/mol. The molecule has 1 aromatic rings. The Hall–Kier alpha value is -1.07. The number of hydrogen-bond donors (Lipinski definition) is 2. The molecule has 1 aromatic carbocycles. The van der Waals surface area contributed by atoms with Crippen molar-refractivity contribution in [2.45, 2.75) is 26.1 Å². The Morgan fingerprint density at radius 3 is 2.81 bits per heavy atom. The summed E-state index contributed by atoms with van der Waals surface area (Å²) in [7, 11) is 0. The number of halogens is 1. The number of carbonyl (C=O) groups is 1. The van der Waals surface area contributed by atoms with Crippen LogP contribution in [-0.4, -0.2) is 17.1 Å². The highest BCUT2D eigenvalue weighted by Crippen LogP contribution is 2.23. The van der Waals surface area contributed by atoms with Gasteiger partial charge < -0.3 is 15.6 Å². The predicted molar refractivity (Wildman–Crippen MR) is 64.0 cm³/mol. The van der Waals surface area contributed by atoms with Crippen LogP contribution >= 0.6 is 15.9 Å². The summed E-state index contributed by atoms with van der Waals surface area (Å²) in [5.74, 6) is 0.0360. The Bertz CT molecular complexity index is 381. The molecule has 0 aliphatic heterocycles. The van der Waals surface area contributed by atoms with Gasteiger partial charge in [-0.05, 0) is 30.2 Å². The number of primary amides is 1. The molecule has 0 aliphatic rings. The van der Waals surface area contributed by atoms with Gasteiger partial charge in [-0.25, -0.2) is 0 Å². The van der Waals surface area contributed by atoms with E-state index in [2.05, 4.69) is 15.9 Å². The van der Waals surface area contributed by atoms with E-state index in [9.17, 15) is 4.79 Å². The largest absolute Gasteiger partial charge is 0.481 e. The lowest BCUT2D eigenvalue weighted by molar-refractivity contribution is -0.124. The summed E-state index contributed by atoms with van der Waals surface area (Å²) in [4.78, 5) is 11.0. The van der Waals surface area contributed by atoms with Gasteiger partial charge in [0.2, 0.25) is 0 Å². The Morgan fingerprint density at radius 2 is 2.31 bits per heavy atom. The molecule has 0 aromatic heterocycles. The molecule has 0 radical (unpaired) electrons. The van der Waals surface area contributed by atoms with Crippen LogP contribution in [0.15, 0.2) is 22.7 Å². The lowest BCUT2D eigenvalue weighted by Crippen LogP contribution is -2.32. The van der Waals surface area contributed by atoms with Crippen molar-refractivity contribution in [3.8, 4) is 5.75 Å². The third kappa shape index (κ3) is 3.21. The molecule has 0 spiro atoms. The average Bonchev–Trinajstić information content (AvgIpc) is 2.27. The Kier molecular flexibility index (Phi) is 4.76. The molecule has 0 aliphatic carbocycles. The van der Waals surface area contributed by atoms with Gasteiger partial charge in [-0.1, -0.05) is 22.9 Å². The molecule has 88 valence electrons. The van der Waals surface area contributed by atoms with E-state index in [1.54, 1.807) is 18.2 Å². The van der Waals surface area contributed by atoms with Crippen LogP contribution < -0.4 is 10.5 Å². The number of rotatable bonds is 5. The van der Waals surface area contributed by atoms with Crippen LogP contribution in [0.3, 0.4) is 0 Å². The normalized spacial score (nSPS) is 12.2. The van der Waals surface area contributed by atoms with Crippen molar-refractivity contribution in [1.82, 2.24) is 0 Å². The standard InChI is InChI=1S/C11H14BrNO3/c1-2-10(11(13)15)16-8-3-4-9(12)7(5-8)6-14/h3-5,10,14H,2,6H2,1H3,(H2,13,15). The number of ether oxygens (including phenoxy) is 1. The third-order valence-electron chi connectivity index (χ3n) is 2.15. The van der Waals surface area contributed by atoms with E-state index in [1.165, 1.54) is 0 Å². The molecule has 1 unspecified atom stereocenters. The van der Waals surface area contributed by atoms with E-state index in [0.29, 0.717) is 17.7 Å². The van der Waals surface area contributed by atoms with Crippen molar-refractivity contribution in [2.24, 2.45) is 5.73 Å². The summed E-state index contributed by atoms with van der Waals surface area (Å²) in [6, 6.07) is 5.15. The van der Waals surface area contributed by atoms with E-state index in [0.717, 1.165) is 4.47 Å². The highest BCUT2D eigenvalue weighted by atomic mass is 79.9. The summed E-state index contributed by atoms with van der Waals surface area (Å²) >= 11 is 3.30. The maximum Gasteiger partial charge on any atom is 0.258 e. The van der Waals surface area contributed by atoms with Crippen molar-refractivity contribution in [1.29, 1.82) is 0 Å².